The van der Waals surface area contributed by atoms with Crippen molar-refractivity contribution in [1.29, 1.82) is 0 Å². The van der Waals surface area contributed by atoms with Crippen molar-refractivity contribution in [3.63, 3.8) is 0 Å². The minimum absolute atomic E-state index is 0.0519. The van der Waals surface area contributed by atoms with Gasteiger partial charge in [0.15, 0.2) is 5.82 Å². The highest BCUT2D eigenvalue weighted by Crippen LogP contribution is 2.38. The Balaban J connectivity index is 1.38. The first-order valence-corrected chi connectivity index (χ1v) is 12.9. The molecule has 0 spiro atoms. The van der Waals surface area contributed by atoms with E-state index in [1.165, 1.54) is 19.4 Å². The molecule has 2 heterocycles. The molecule has 0 saturated heterocycles. The number of aromatic nitrogens is 3. The van der Waals surface area contributed by atoms with E-state index in [-0.39, 0.29) is 42.8 Å². The van der Waals surface area contributed by atoms with Crippen molar-refractivity contribution < 1.29 is 33.5 Å². The number of aliphatic carboxylic acids is 1. The van der Waals surface area contributed by atoms with Crippen molar-refractivity contribution in [3.05, 3.63) is 65.4 Å². The van der Waals surface area contributed by atoms with Crippen LogP contribution in [-0.4, -0.2) is 70.4 Å². The number of benzene rings is 1. The fourth-order valence-corrected chi connectivity index (χ4v) is 3.99. The number of nitrogens with one attached hydrogen (secondary N) is 2. The smallest absolute Gasteiger partial charge is 0.305 e. The Morgan fingerprint density at radius 1 is 1.20 bits per heavy atom. The molecular weight excluding hydrogens is 520 g/mol. The topological polar surface area (TPSA) is 192 Å². The molecule has 0 bridgehead atoms. The fourth-order valence-electron chi connectivity index (χ4n) is 3.99. The molecule has 4 rings (SSSR count). The molecule has 0 radical (unpaired) electrons. The average Bonchev–Trinajstić information content (AvgIpc) is 3.69. The molecular formula is C27H32N6O7. The summed E-state index contributed by atoms with van der Waals surface area (Å²) < 4.78 is 16.3. The number of methoxy groups -OCH3 is 1. The summed E-state index contributed by atoms with van der Waals surface area (Å²) in [7, 11) is 1.33. The first kappa shape index (κ1) is 28.5. The van der Waals surface area contributed by atoms with Gasteiger partial charge in [0.25, 0.3) is 5.91 Å². The Kier molecular flexibility index (Phi) is 9.62. The zero-order chi connectivity index (χ0) is 28.5. The van der Waals surface area contributed by atoms with E-state index in [4.69, 9.17) is 19.7 Å². The fraction of sp³-hybridized carbons (Fsp3) is 0.407. The van der Waals surface area contributed by atoms with Crippen LogP contribution in [0.2, 0.25) is 0 Å². The molecule has 5 N–H and O–H groups in total. The number of carbonyl (C=O) groups is 3. The number of carboxylic acid groups (broad SMARTS) is 1. The number of hydrogen-bond acceptors (Lipinski definition) is 10. The zero-order valence-electron chi connectivity index (χ0n) is 22.0. The van der Waals surface area contributed by atoms with Crippen LogP contribution in [0, 0.1) is 0 Å². The van der Waals surface area contributed by atoms with Gasteiger partial charge in [-0.25, -0.2) is 4.98 Å². The minimum Gasteiger partial charge on any atom is -0.491 e. The van der Waals surface area contributed by atoms with E-state index in [0.717, 1.165) is 18.4 Å². The molecule has 40 heavy (non-hydrogen) atoms. The van der Waals surface area contributed by atoms with Crippen molar-refractivity contribution in [2.45, 2.75) is 50.1 Å². The van der Waals surface area contributed by atoms with E-state index < -0.39 is 30.2 Å². The summed E-state index contributed by atoms with van der Waals surface area (Å²) in [5.74, 6) is -1.31. The van der Waals surface area contributed by atoms with Crippen LogP contribution in [-0.2, 0) is 22.4 Å². The number of nitrogens with zero attached hydrogens (tertiary/aromatic N) is 3. The van der Waals surface area contributed by atoms with E-state index in [0.29, 0.717) is 24.1 Å². The Morgan fingerprint density at radius 3 is 2.67 bits per heavy atom. The van der Waals surface area contributed by atoms with Crippen molar-refractivity contribution in [3.8, 4) is 11.6 Å². The summed E-state index contributed by atoms with van der Waals surface area (Å²) in [5.41, 5.74) is 7.18. The molecule has 2 atom stereocenters. The predicted molar refractivity (Wildman–Crippen MR) is 141 cm³/mol. The van der Waals surface area contributed by atoms with Gasteiger partial charge < -0.3 is 35.5 Å². The third-order valence-corrected chi connectivity index (χ3v) is 6.16. The third kappa shape index (κ3) is 7.99. The quantitative estimate of drug-likeness (QED) is 0.212. The number of nitrogens with two attached hydrogens (primary N) is 1. The maximum atomic E-state index is 13.3. The number of hydrogen-bond donors (Lipinski definition) is 4. The molecule has 1 aliphatic carbocycles. The summed E-state index contributed by atoms with van der Waals surface area (Å²) >= 11 is 0. The molecule has 1 fully saturated rings. The first-order chi connectivity index (χ1) is 19.3. The van der Waals surface area contributed by atoms with Crippen LogP contribution >= 0.6 is 0 Å². The summed E-state index contributed by atoms with van der Waals surface area (Å²) in [6.45, 7) is 0.195. The number of carbonyl (C=O) groups excluding carboxylic acids is 2. The van der Waals surface area contributed by atoms with Crippen LogP contribution < -0.4 is 25.8 Å². The number of ether oxygens (including phenoxy) is 2. The second-order valence-corrected chi connectivity index (χ2v) is 9.44. The summed E-state index contributed by atoms with van der Waals surface area (Å²) in [6.07, 6.45) is 3.63. The minimum atomic E-state index is -1.38. The van der Waals surface area contributed by atoms with Gasteiger partial charge in [-0.05, 0) is 30.9 Å². The van der Waals surface area contributed by atoms with Crippen LogP contribution in [0.4, 0.5) is 0 Å². The molecule has 2 amide bonds. The molecule has 1 aromatic carbocycles. The van der Waals surface area contributed by atoms with Gasteiger partial charge in [-0.3, -0.25) is 14.4 Å². The number of pyridine rings is 1. The number of rotatable bonds is 15. The van der Waals surface area contributed by atoms with Crippen LogP contribution in [0.1, 0.15) is 52.8 Å². The highest BCUT2D eigenvalue weighted by atomic mass is 16.5. The highest BCUT2D eigenvalue weighted by Gasteiger charge is 2.30. The van der Waals surface area contributed by atoms with Gasteiger partial charge in [0.2, 0.25) is 17.7 Å². The summed E-state index contributed by atoms with van der Waals surface area (Å²) in [6, 6.07) is 9.37. The van der Waals surface area contributed by atoms with E-state index in [2.05, 4.69) is 25.8 Å². The lowest BCUT2D eigenvalue weighted by molar-refractivity contribution is -0.139. The Morgan fingerprint density at radius 2 is 1.98 bits per heavy atom. The van der Waals surface area contributed by atoms with Gasteiger partial charge in [0, 0.05) is 31.1 Å². The maximum absolute atomic E-state index is 13.3. The molecule has 13 heteroatoms. The molecule has 0 aliphatic heterocycles. The average molecular weight is 553 g/mol. The molecule has 2 unspecified atom stereocenters. The van der Waals surface area contributed by atoms with Gasteiger partial charge in [-0.2, -0.15) is 4.98 Å². The molecule has 212 valence electrons. The second kappa shape index (κ2) is 13.5. The van der Waals surface area contributed by atoms with Gasteiger partial charge in [0.05, 0.1) is 13.5 Å². The van der Waals surface area contributed by atoms with Gasteiger partial charge >= 0.3 is 5.97 Å². The lowest BCUT2D eigenvalue weighted by Gasteiger charge is -2.20. The lowest BCUT2D eigenvalue weighted by atomic mass is 10.1. The van der Waals surface area contributed by atoms with Crippen molar-refractivity contribution in [2.75, 3.05) is 20.3 Å². The lowest BCUT2D eigenvalue weighted by Crippen LogP contribution is -2.48. The number of amides is 2. The van der Waals surface area contributed by atoms with E-state index in [9.17, 15) is 19.5 Å². The summed E-state index contributed by atoms with van der Waals surface area (Å²) in [4.78, 5) is 46.0. The van der Waals surface area contributed by atoms with Crippen LogP contribution in [0.3, 0.4) is 0 Å². The standard InChI is InChI=1S/C27H32N6O7/c1-38-27-23(20(9-11-30-27)39-15-18(28)13-16-5-3-2-4-6-16)26(37)31-19(14-22(34)35)25(36)29-12-10-21-32-24(33-40-21)17-7-8-17/h2-6,9,11,17-19H,7-8,10,12-15,28H2,1H3,(H,29,36)(H,31,37)(H,34,35). The SMILES string of the molecule is COc1nccc(OCC(N)Cc2ccccc2)c1C(=O)NC(CC(=O)O)C(=O)NCCc1nc(C2CC2)no1. The molecule has 1 aliphatic rings. The van der Waals surface area contributed by atoms with Crippen LogP contribution in [0.25, 0.3) is 0 Å². The van der Waals surface area contributed by atoms with Crippen molar-refractivity contribution in [1.82, 2.24) is 25.8 Å². The Bertz CT molecular complexity index is 1310. The van der Waals surface area contributed by atoms with E-state index >= 15 is 0 Å². The van der Waals surface area contributed by atoms with Crippen LogP contribution in [0.5, 0.6) is 11.6 Å². The van der Waals surface area contributed by atoms with Gasteiger partial charge in [-0.15, -0.1) is 0 Å². The van der Waals surface area contributed by atoms with Gasteiger partial charge in [0.1, 0.15) is 24.0 Å². The van der Waals surface area contributed by atoms with Crippen LogP contribution in [0.15, 0.2) is 47.1 Å². The molecule has 1 saturated carbocycles. The monoisotopic (exact) mass is 552 g/mol. The Labute approximate surface area is 230 Å². The van der Waals surface area contributed by atoms with Crippen molar-refractivity contribution >= 4 is 17.8 Å². The molecule has 13 nitrogen and oxygen atoms in total. The normalized spacial score (nSPS) is 14.2. The predicted octanol–water partition coefficient (Wildman–Crippen LogP) is 1.23. The zero-order valence-corrected chi connectivity index (χ0v) is 22.0. The molecule has 3 aromatic rings. The molecule has 2 aromatic heterocycles. The third-order valence-electron chi connectivity index (χ3n) is 6.16. The first-order valence-electron chi connectivity index (χ1n) is 12.9. The van der Waals surface area contributed by atoms with Crippen molar-refractivity contribution in [2.24, 2.45) is 5.73 Å². The van der Waals surface area contributed by atoms with E-state index in [1.54, 1.807) is 0 Å². The Hall–Kier alpha value is -4.52. The number of carboxylic acids is 1. The largest absolute Gasteiger partial charge is 0.491 e. The van der Waals surface area contributed by atoms with E-state index in [1.807, 2.05) is 30.3 Å². The van der Waals surface area contributed by atoms with Gasteiger partial charge in [-0.1, -0.05) is 35.5 Å². The maximum Gasteiger partial charge on any atom is 0.305 e. The summed E-state index contributed by atoms with van der Waals surface area (Å²) in [5, 5.41) is 18.4. The second-order valence-electron chi connectivity index (χ2n) is 9.44. The highest BCUT2D eigenvalue weighted by molar-refractivity contribution is 6.02.